The number of hydrogen-bond acceptors (Lipinski definition) is 5. The van der Waals surface area contributed by atoms with Gasteiger partial charge < -0.3 is 9.47 Å². The minimum absolute atomic E-state index is 0.176. The normalized spacial score (nSPS) is 14.1. The molecule has 0 saturated heterocycles. The van der Waals surface area contributed by atoms with Gasteiger partial charge in [-0.05, 0) is 29.7 Å². The lowest BCUT2D eigenvalue weighted by Gasteiger charge is -2.29. The molecule has 3 rings (SSSR count). The quantitative estimate of drug-likeness (QED) is 0.623. The Morgan fingerprint density at radius 2 is 1.79 bits per heavy atom. The molecule has 6 nitrogen and oxygen atoms in total. The van der Waals surface area contributed by atoms with Gasteiger partial charge in [-0.3, -0.25) is 15.0 Å². The summed E-state index contributed by atoms with van der Waals surface area (Å²) < 4.78 is 10.7. The third kappa shape index (κ3) is 3.19. The number of benzene rings is 2. The average molecular weight is 328 g/mol. The Bertz CT molecular complexity index is 761. The van der Waals surface area contributed by atoms with E-state index in [1.54, 1.807) is 26.4 Å². The summed E-state index contributed by atoms with van der Waals surface area (Å²) in [6.45, 7) is 2.15. The summed E-state index contributed by atoms with van der Waals surface area (Å²) in [5, 5.41) is 11.2. The molecule has 2 aromatic rings. The Labute approximate surface area is 140 Å². The zero-order chi connectivity index (χ0) is 17.1. The minimum atomic E-state index is -0.318. The van der Waals surface area contributed by atoms with Crippen LogP contribution in [0.3, 0.4) is 0 Å². The van der Waals surface area contributed by atoms with E-state index in [2.05, 4.69) is 4.90 Å². The van der Waals surface area contributed by atoms with Crippen LogP contribution < -0.4 is 9.47 Å². The number of rotatable bonds is 5. The van der Waals surface area contributed by atoms with E-state index in [1.807, 2.05) is 24.3 Å². The number of nitrogens with zero attached hydrogens (tertiary/aromatic N) is 2. The van der Waals surface area contributed by atoms with Gasteiger partial charge in [0.1, 0.15) is 0 Å². The molecular weight excluding hydrogens is 308 g/mol. The van der Waals surface area contributed by atoms with Crippen LogP contribution in [0.4, 0.5) is 5.69 Å². The number of ether oxygens (including phenoxy) is 2. The van der Waals surface area contributed by atoms with Crippen LogP contribution in [0.25, 0.3) is 0 Å². The molecule has 6 heteroatoms. The van der Waals surface area contributed by atoms with Crippen molar-refractivity contribution in [3.8, 4) is 11.5 Å². The third-order valence-electron chi connectivity index (χ3n) is 4.38. The molecule has 0 unspecified atom stereocenters. The molecule has 0 atom stereocenters. The van der Waals surface area contributed by atoms with Crippen molar-refractivity contribution in [2.45, 2.75) is 19.5 Å². The van der Waals surface area contributed by atoms with E-state index >= 15 is 0 Å². The van der Waals surface area contributed by atoms with Gasteiger partial charge in [-0.25, -0.2) is 0 Å². The number of hydrogen-bond donors (Lipinski definition) is 0. The summed E-state index contributed by atoms with van der Waals surface area (Å²) >= 11 is 0. The Kier molecular flexibility index (Phi) is 4.66. The van der Waals surface area contributed by atoms with Crippen molar-refractivity contribution in [2.24, 2.45) is 0 Å². The lowest BCUT2D eigenvalue weighted by Crippen LogP contribution is -2.30. The second-order valence-electron chi connectivity index (χ2n) is 5.82. The smallest absolute Gasteiger partial charge is 0.273 e. The van der Waals surface area contributed by atoms with Crippen LogP contribution in [0.5, 0.6) is 11.5 Å². The molecule has 0 radical (unpaired) electrons. The van der Waals surface area contributed by atoms with Gasteiger partial charge in [-0.15, -0.1) is 0 Å². The maximum atomic E-state index is 11.2. The average Bonchev–Trinajstić information content (AvgIpc) is 2.60. The topological polar surface area (TPSA) is 64.8 Å². The third-order valence-corrected chi connectivity index (χ3v) is 4.38. The van der Waals surface area contributed by atoms with E-state index in [1.165, 1.54) is 11.1 Å². The first kappa shape index (κ1) is 16.3. The van der Waals surface area contributed by atoms with Crippen LogP contribution in [0.2, 0.25) is 0 Å². The largest absolute Gasteiger partial charge is 0.493 e. The van der Waals surface area contributed by atoms with Gasteiger partial charge in [0.25, 0.3) is 5.69 Å². The standard InChI is InChI=1S/C18H20N2O4/c1-23-17-9-13-7-8-19(12-15(13)10-18(17)24-2)11-14-5-3-4-6-16(14)20(21)22/h3-6,9-10H,7-8,11-12H2,1-2H3. The molecule has 2 aromatic carbocycles. The van der Waals surface area contributed by atoms with E-state index < -0.39 is 0 Å². The van der Waals surface area contributed by atoms with Gasteiger partial charge in [0, 0.05) is 31.3 Å². The van der Waals surface area contributed by atoms with Crippen molar-refractivity contribution in [1.82, 2.24) is 4.90 Å². The first-order chi connectivity index (χ1) is 11.6. The maximum absolute atomic E-state index is 11.2. The second-order valence-corrected chi connectivity index (χ2v) is 5.82. The minimum Gasteiger partial charge on any atom is -0.493 e. The van der Waals surface area contributed by atoms with Crippen LogP contribution in [-0.2, 0) is 19.5 Å². The first-order valence-electron chi connectivity index (χ1n) is 7.80. The van der Waals surface area contributed by atoms with Crippen LogP contribution in [-0.4, -0.2) is 30.6 Å². The fourth-order valence-electron chi connectivity index (χ4n) is 3.14. The van der Waals surface area contributed by atoms with Crippen molar-refractivity contribution >= 4 is 5.69 Å². The summed E-state index contributed by atoms with van der Waals surface area (Å²) in [5.41, 5.74) is 3.34. The highest BCUT2D eigenvalue weighted by Gasteiger charge is 2.22. The number of para-hydroxylation sites is 1. The van der Waals surface area contributed by atoms with Gasteiger partial charge in [-0.1, -0.05) is 18.2 Å². The molecule has 0 amide bonds. The molecule has 126 valence electrons. The number of nitro benzene ring substituents is 1. The highest BCUT2D eigenvalue weighted by molar-refractivity contribution is 5.48. The molecule has 0 aliphatic carbocycles. The summed E-state index contributed by atoms with van der Waals surface area (Å²) in [4.78, 5) is 13.1. The highest BCUT2D eigenvalue weighted by Crippen LogP contribution is 2.33. The van der Waals surface area contributed by atoms with Crippen LogP contribution in [0.1, 0.15) is 16.7 Å². The number of fused-ring (bicyclic) bond motifs is 1. The Morgan fingerprint density at radius 1 is 1.12 bits per heavy atom. The van der Waals surface area contributed by atoms with Gasteiger partial charge in [0.2, 0.25) is 0 Å². The fourth-order valence-corrected chi connectivity index (χ4v) is 3.14. The second kappa shape index (κ2) is 6.88. The molecular formula is C18H20N2O4. The molecule has 0 spiro atoms. The zero-order valence-corrected chi connectivity index (χ0v) is 13.8. The Hall–Kier alpha value is -2.60. The predicted molar refractivity (Wildman–Crippen MR) is 90.5 cm³/mol. The summed E-state index contributed by atoms with van der Waals surface area (Å²) in [7, 11) is 3.26. The van der Waals surface area contributed by atoms with Crippen LogP contribution in [0, 0.1) is 10.1 Å². The van der Waals surface area contributed by atoms with Crippen molar-refractivity contribution in [1.29, 1.82) is 0 Å². The summed E-state index contributed by atoms with van der Waals surface area (Å²) in [6.07, 6.45) is 0.885. The highest BCUT2D eigenvalue weighted by atomic mass is 16.6. The van der Waals surface area contributed by atoms with E-state index in [0.717, 1.165) is 30.8 Å². The monoisotopic (exact) mass is 328 g/mol. The molecule has 1 heterocycles. The molecule has 0 bridgehead atoms. The van der Waals surface area contributed by atoms with E-state index in [0.29, 0.717) is 12.3 Å². The molecule has 0 fully saturated rings. The van der Waals surface area contributed by atoms with Gasteiger partial charge in [0.15, 0.2) is 11.5 Å². The van der Waals surface area contributed by atoms with E-state index in [4.69, 9.17) is 9.47 Å². The first-order valence-corrected chi connectivity index (χ1v) is 7.80. The SMILES string of the molecule is COc1cc2c(cc1OC)CN(Cc1ccccc1[N+](=O)[O-])CC2. The molecule has 24 heavy (non-hydrogen) atoms. The number of methoxy groups -OCH3 is 2. The molecule has 0 aromatic heterocycles. The Balaban J connectivity index is 1.82. The predicted octanol–water partition coefficient (Wildman–Crippen LogP) is 3.17. The van der Waals surface area contributed by atoms with Crippen molar-refractivity contribution in [3.05, 3.63) is 63.2 Å². The lowest BCUT2D eigenvalue weighted by molar-refractivity contribution is -0.385. The van der Waals surface area contributed by atoms with Crippen molar-refractivity contribution < 1.29 is 14.4 Å². The fraction of sp³-hybridized carbons (Fsp3) is 0.333. The number of nitro groups is 1. The van der Waals surface area contributed by atoms with Crippen molar-refractivity contribution in [2.75, 3.05) is 20.8 Å². The Morgan fingerprint density at radius 3 is 2.46 bits per heavy atom. The van der Waals surface area contributed by atoms with E-state index in [9.17, 15) is 10.1 Å². The lowest BCUT2D eigenvalue weighted by atomic mass is 9.98. The van der Waals surface area contributed by atoms with Gasteiger partial charge in [0.05, 0.1) is 19.1 Å². The van der Waals surface area contributed by atoms with Crippen molar-refractivity contribution in [3.63, 3.8) is 0 Å². The van der Waals surface area contributed by atoms with Crippen LogP contribution >= 0.6 is 0 Å². The molecule has 1 aliphatic heterocycles. The molecule has 0 saturated carbocycles. The zero-order valence-electron chi connectivity index (χ0n) is 13.8. The van der Waals surface area contributed by atoms with Gasteiger partial charge in [-0.2, -0.15) is 0 Å². The maximum Gasteiger partial charge on any atom is 0.273 e. The molecule has 0 N–H and O–H groups in total. The molecule has 1 aliphatic rings. The summed E-state index contributed by atoms with van der Waals surface area (Å²) in [5.74, 6) is 1.45. The van der Waals surface area contributed by atoms with E-state index in [-0.39, 0.29) is 10.6 Å². The summed E-state index contributed by atoms with van der Waals surface area (Å²) in [6, 6.07) is 10.9. The van der Waals surface area contributed by atoms with Crippen LogP contribution in [0.15, 0.2) is 36.4 Å². The van der Waals surface area contributed by atoms with Gasteiger partial charge >= 0.3 is 0 Å².